The number of carbonyl (C=O) groups is 1. The van der Waals surface area contributed by atoms with Crippen molar-refractivity contribution >= 4 is 34.6 Å². The fraction of sp³-hybridized carbons (Fsp3) is 0.0417. The molecule has 9 heteroatoms. The number of carbonyl (C=O) groups excluding carboxylic acids is 1. The molecule has 1 atom stereocenters. The number of hydrogen-bond acceptors (Lipinski definition) is 6. The van der Waals surface area contributed by atoms with Gasteiger partial charge in [-0.25, -0.2) is 4.98 Å². The molecule has 0 aliphatic carbocycles. The van der Waals surface area contributed by atoms with E-state index in [9.17, 15) is 14.9 Å². The summed E-state index contributed by atoms with van der Waals surface area (Å²) in [6.07, 6.45) is 1.65. The van der Waals surface area contributed by atoms with Crippen molar-refractivity contribution < 1.29 is 9.72 Å². The lowest BCUT2D eigenvalue weighted by atomic mass is 9.90. The van der Waals surface area contributed by atoms with Crippen LogP contribution in [0.15, 0.2) is 84.0 Å². The molecule has 1 aliphatic rings. The first-order valence-electron chi connectivity index (χ1n) is 10.1. The van der Waals surface area contributed by atoms with Gasteiger partial charge in [0.25, 0.3) is 5.69 Å². The molecule has 33 heavy (non-hydrogen) atoms. The van der Waals surface area contributed by atoms with E-state index in [-0.39, 0.29) is 11.6 Å². The predicted octanol–water partition coefficient (Wildman–Crippen LogP) is 4.42. The van der Waals surface area contributed by atoms with Crippen molar-refractivity contribution in [1.82, 2.24) is 9.97 Å². The van der Waals surface area contributed by atoms with E-state index in [0.29, 0.717) is 28.6 Å². The molecule has 0 bridgehead atoms. The second-order valence-electron chi connectivity index (χ2n) is 7.54. The SMILES string of the molecule is Nc1ncc(-c2ccc(N=C(c3ccccc3)C3C(=O)Nc4ccc([N+](=O)[O-])cc43)cc2)[nH]1. The molecule has 162 valence electrons. The molecule has 0 fully saturated rings. The van der Waals surface area contributed by atoms with E-state index in [1.54, 1.807) is 12.3 Å². The Labute approximate surface area is 188 Å². The smallest absolute Gasteiger partial charge is 0.269 e. The molecule has 4 aromatic rings. The highest BCUT2D eigenvalue weighted by molar-refractivity contribution is 6.24. The number of nitrogens with zero attached hydrogens (tertiary/aromatic N) is 3. The molecule has 1 aliphatic heterocycles. The minimum Gasteiger partial charge on any atom is -0.369 e. The fourth-order valence-corrected chi connectivity index (χ4v) is 3.88. The van der Waals surface area contributed by atoms with Crippen molar-refractivity contribution in [2.24, 2.45) is 4.99 Å². The van der Waals surface area contributed by atoms with Crippen molar-refractivity contribution in [3.8, 4) is 11.3 Å². The molecule has 4 N–H and O–H groups in total. The number of imidazole rings is 1. The average Bonchev–Trinajstić information content (AvgIpc) is 3.40. The predicted molar refractivity (Wildman–Crippen MR) is 126 cm³/mol. The molecular weight excluding hydrogens is 420 g/mol. The van der Waals surface area contributed by atoms with E-state index in [1.807, 2.05) is 54.6 Å². The van der Waals surface area contributed by atoms with Gasteiger partial charge in [-0.3, -0.25) is 19.9 Å². The number of nitrogens with two attached hydrogens (primary N) is 1. The summed E-state index contributed by atoms with van der Waals surface area (Å²) in [5, 5.41) is 14.1. The van der Waals surface area contributed by atoms with Gasteiger partial charge in [0.15, 0.2) is 5.95 Å². The van der Waals surface area contributed by atoms with Crippen LogP contribution in [0.25, 0.3) is 11.3 Å². The largest absolute Gasteiger partial charge is 0.369 e. The topological polar surface area (TPSA) is 139 Å². The fourth-order valence-electron chi connectivity index (χ4n) is 3.88. The molecule has 0 spiro atoms. The zero-order chi connectivity index (χ0) is 22.9. The molecule has 1 amide bonds. The quantitative estimate of drug-likeness (QED) is 0.240. The molecular formula is C24H18N6O3. The van der Waals surface area contributed by atoms with Gasteiger partial charge < -0.3 is 16.0 Å². The molecule has 1 aromatic heterocycles. The van der Waals surface area contributed by atoms with E-state index in [2.05, 4.69) is 15.3 Å². The number of nitrogens with one attached hydrogen (secondary N) is 2. The van der Waals surface area contributed by atoms with Crippen LogP contribution in [0.4, 0.5) is 23.0 Å². The first-order chi connectivity index (χ1) is 16.0. The molecule has 5 rings (SSSR count). The molecule has 0 saturated heterocycles. The van der Waals surface area contributed by atoms with E-state index in [4.69, 9.17) is 10.7 Å². The molecule has 2 heterocycles. The number of benzene rings is 3. The number of non-ortho nitro benzene ring substituents is 1. The van der Waals surface area contributed by atoms with Crippen molar-refractivity contribution in [2.45, 2.75) is 5.92 Å². The maximum absolute atomic E-state index is 13.0. The van der Waals surface area contributed by atoms with Crippen molar-refractivity contribution in [3.05, 3.63) is 100 Å². The summed E-state index contributed by atoms with van der Waals surface area (Å²) in [4.78, 5) is 35.6. The van der Waals surface area contributed by atoms with Crippen LogP contribution >= 0.6 is 0 Å². The number of hydrogen-bond donors (Lipinski definition) is 3. The summed E-state index contributed by atoms with van der Waals surface area (Å²) in [6, 6.07) is 21.1. The van der Waals surface area contributed by atoms with Gasteiger partial charge in [0.1, 0.15) is 5.92 Å². The Morgan fingerprint density at radius 2 is 1.82 bits per heavy atom. The van der Waals surface area contributed by atoms with Crippen LogP contribution in [0.2, 0.25) is 0 Å². The summed E-state index contributed by atoms with van der Waals surface area (Å²) >= 11 is 0. The average molecular weight is 438 g/mol. The normalized spacial score (nSPS) is 15.2. The summed E-state index contributed by atoms with van der Waals surface area (Å²) in [7, 11) is 0. The van der Waals surface area contributed by atoms with Crippen molar-refractivity contribution in [2.75, 3.05) is 11.1 Å². The van der Waals surface area contributed by atoms with Gasteiger partial charge in [-0.05, 0) is 29.3 Å². The molecule has 0 saturated carbocycles. The van der Waals surface area contributed by atoms with Gasteiger partial charge in [0.2, 0.25) is 5.91 Å². The summed E-state index contributed by atoms with van der Waals surface area (Å²) in [5.41, 5.74) is 10.2. The Bertz CT molecular complexity index is 1390. The van der Waals surface area contributed by atoms with E-state index in [0.717, 1.165) is 16.8 Å². The minimum absolute atomic E-state index is 0.0779. The number of amides is 1. The highest BCUT2D eigenvalue weighted by Crippen LogP contribution is 2.38. The summed E-state index contributed by atoms with van der Waals surface area (Å²) in [6.45, 7) is 0. The van der Waals surface area contributed by atoms with Gasteiger partial charge >= 0.3 is 0 Å². The molecule has 0 radical (unpaired) electrons. The number of nitro groups is 1. The van der Waals surface area contributed by atoms with Crippen LogP contribution in [0.1, 0.15) is 17.0 Å². The lowest BCUT2D eigenvalue weighted by molar-refractivity contribution is -0.384. The van der Waals surface area contributed by atoms with Gasteiger partial charge in [0, 0.05) is 23.4 Å². The summed E-state index contributed by atoms with van der Waals surface area (Å²) < 4.78 is 0. The number of aliphatic imine (C=N–C) groups is 1. The van der Waals surface area contributed by atoms with Crippen LogP contribution in [-0.2, 0) is 4.79 Å². The number of aromatic amines is 1. The highest BCUT2D eigenvalue weighted by atomic mass is 16.6. The van der Waals surface area contributed by atoms with Gasteiger partial charge in [-0.2, -0.15) is 0 Å². The maximum atomic E-state index is 13.0. The standard InChI is InChI=1S/C24H18N6O3/c25-24-26-13-20(29-24)14-6-8-16(9-7-14)27-22(15-4-2-1-3-5-15)21-18-12-17(30(32)33)10-11-19(18)28-23(21)31/h1-13,21H,(H,28,31)(H3,25,26,29). The second kappa shape index (κ2) is 8.04. The maximum Gasteiger partial charge on any atom is 0.269 e. The third kappa shape index (κ3) is 3.83. The first kappa shape index (κ1) is 20.1. The Morgan fingerprint density at radius 3 is 2.48 bits per heavy atom. The van der Waals surface area contributed by atoms with E-state index in [1.165, 1.54) is 12.1 Å². The third-order valence-corrected chi connectivity index (χ3v) is 5.44. The van der Waals surface area contributed by atoms with Crippen LogP contribution in [0.3, 0.4) is 0 Å². The Morgan fingerprint density at radius 1 is 1.06 bits per heavy atom. The van der Waals surface area contributed by atoms with E-state index < -0.39 is 10.8 Å². The van der Waals surface area contributed by atoms with Crippen LogP contribution in [0.5, 0.6) is 0 Å². The minimum atomic E-state index is -0.783. The molecule has 3 aromatic carbocycles. The number of rotatable bonds is 5. The van der Waals surface area contributed by atoms with E-state index >= 15 is 0 Å². The Balaban J connectivity index is 1.60. The van der Waals surface area contributed by atoms with Crippen LogP contribution in [0, 0.1) is 10.1 Å². The van der Waals surface area contributed by atoms with Crippen molar-refractivity contribution in [3.63, 3.8) is 0 Å². The highest BCUT2D eigenvalue weighted by Gasteiger charge is 2.36. The zero-order valence-corrected chi connectivity index (χ0v) is 17.2. The monoisotopic (exact) mass is 438 g/mol. The third-order valence-electron chi connectivity index (χ3n) is 5.44. The van der Waals surface area contributed by atoms with Crippen molar-refractivity contribution in [1.29, 1.82) is 0 Å². The number of nitro benzene ring substituents is 1. The second-order valence-corrected chi connectivity index (χ2v) is 7.54. The number of anilines is 2. The first-order valence-corrected chi connectivity index (χ1v) is 10.1. The number of nitrogen functional groups attached to an aromatic ring is 1. The Hall–Kier alpha value is -4.79. The molecule has 1 unspecified atom stereocenters. The lowest BCUT2D eigenvalue weighted by Crippen LogP contribution is -2.22. The lowest BCUT2D eigenvalue weighted by Gasteiger charge is -2.14. The van der Waals surface area contributed by atoms with Gasteiger partial charge in [0.05, 0.1) is 28.2 Å². The van der Waals surface area contributed by atoms with Gasteiger partial charge in [-0.1, -0.05) is 42.5 Å². The molecule has 9 nitrogen and oxygen atoms in total. The van der Waals surface area contributed by atoms with Crippen LogP contribution in [-0.4, -0.2) is 26.5 Å². The Kier molecular flexibility index (Phi) is 4.91. The number of aromatic nitrogens is 2. The number of fused-ring (bicyclic) bond motifs is 1. The zero-order valence-electron chi connectivity index (χ0n) is 17.2. The summed E-state index contributed by atoms with van der Waals surface area (Å²) in [5.74, 6) is -0.731. The van der Waals surface area contributed by atoms with Crippen LogP contribution < -0.4 is 11.1 Å². The number of H-pyrrole nitrogens is 1. The van der Waals surface area contributed by atoms with Gasteiger partial charge in [-0.15, -0.1) is 0 Å².